The highest BCUT2D eigenvalue weighted by Crippen LogP contribution is 2.22. The minimum absolute atomic E-state index is 0.00671. The summed E-state index contributed by atoms with van der Waals surface area (Å²) in [5.74, 6) is 2.43. The smallest absolute Gasteiger partial charge is 0.251 e. The van der Waals surface area contributed by atoms with Crippen molar-refractivity contribution in [3.05, 3.63) is 23.8 Å². The van der Waals surface area contributed by atoms with E-state index in [1.165, 1.54) is 0 Å². The van der Waals surface area contributed by atoms with E-state index in [9.17, 15) is 4.79 Å². The molecule has 0 bridgehead atoms. The molecular weight excluding hydrogens is 238 g/mol. The van der Waals surface area contributed by atoms with Crippen molar-refractivity contribution in [2.75, 3.05) is 24.7 Å². The zero-order chi connectivity index (χ0) is 14.4. The van der Waals surface area contributed by atoms with Gasteiger partial charge in [-0.1, -0.05) is 6.92 Å². The number of carbonyl (C=O) groups excluding carboxylic acids is 1. The van der Waals surface area contributed by atoms with Crippen LogP contribution in [0.3, 0.4) is 0 Å². The highest BCUT2D eigenvalue weighted by atomic mass is 16.1. The summed E-state index contributed by atoms with van der Waals surface area (Å²) in [7, 11) is 3.82. The van der Waals surface area contributed by atoms with Gasteiger partial charge in [0.05, 0.1) is 11.4 Å². The molecule has 3 N–H and O–H groups in total. The van der Waals surface area contributed by atoms with Gasteiger partial charge < -0.3 is 16.0 Å². The van der Waals surface area contributed by atoms with Crippen LogP contribution in [0.15, 0.2) is 18.2 Å². The molecule has 0 aliphatic rings. The van der Waals surface area contributed by atoms with E-state index in [-0.39, 0.29) is 11.9 Å². The molecule has 0 saturated carbocycles. The van der Waals surface area contributed by atoms with E-state index in [2.05, 4.69) is 11.2 Å². The van der Waals surface area contributed by atoms with Crippen LogP contribution in [0.4, 0.5) is 11.4 Å². The van der Waals surface area contributed by atoms with Crippen LogP contribution < -0.4 is 16.0 Å². The highest BCUT2D eigenvalue weighted by molar-refractivity contribution is 5.96. The Morgan fingerprint density at radius 2 is 2.21 bits per heavy atom. The maximum atomic E-state index is 12.1. The van der Waals surface area contributed by atoms with Gasteiger partial charge in [-0.25, -0.2) is 0 Å². The summed E-state index contributed by atoms with van der Waals surface area (Å²) in [6.45, 7) is 1.99. The minimum atomic E-state index is -0.140. The molecule has 1 aromatic carbocycles. The molecule has 1 aromatic rings. The van der Waals surface area contributed by atoms with E-state index < -0.39 is 0 Å². The fourth-order valence-corrected chi connectivity index (χ4v) is 1.81. The lowest BCUT2D eigenvalue weighted by Gasteiger charge is -2.17. The second-order valence-corrected chi connectivity index (χ2v) is 4.65. The fourth-order valence-electron chi connectivity index (χ4n) is 1.81. The topological polar surface area (TPSA) is 58.4 Å². The average Bonchev–Trinajstić information content (AvgIpc) is 2.37. The molecule has 0 aliphatic carbocycles. The van der Waals surface area contributed by atoms with Crippen LogP contribution >= 0.6 is 0 Å². The lowest BCUT2D eigenvalue weighted by Crippen LogP contribution is -2.34. The number of nitrogens with zero attached hydrogens (tertiary/aromatic N) is 1. The predicted molar refractivity (Wildman–Crippen MR) is 80.2 cm³/mol. The quantitative estimate of drug-likeness (QED) is 0.627. The number of nitrogen functional groups attached to an aromatic ring is 1. The molecule has 0 fully saturated rings. The van der Waals surface area contributed by atoms with Gasteiger partial charge in [0.1, 0.15) is 0 Å². The van der Waals surface area contributed by atoms with E-state index in [4.69, 9.17) is 12.2 Å². The maximum absolute atomic E-state index is 12.1. The number of anilines is 2. The zero-order valence-electron chi connectivity index (χ0n) is 11.7. The van der Waals surface area contributed by atoms with E-state index >= 15 is 0 Å². The number of nitrogens with two attached hydrogens (primary N) is 1. The number of terminal acetylenes is 1. The molecule has 1 rings (SSSR count). The van der Waals surface area contributed by atoms with Gasteiger partial charge in [-0.15, -0.1) is 12.3 Å². The predicted octanol–water partition coefficient (Wildman–Crippen LogP) is 1.87. The first-order valence-corrected chi connectivity index (χ1v) is 6.30. The SMILES string of the molecule is C#CCC(CC)NC(=O)c1ccc(N(C)C)c(N)c1. The van der Waals surface area contributed by atoms with Crippen molar-refractivity contribution in [2.45, 2.75) is 25.8 Å². The Kier molecular flexibility index (Phi) is 5.25. The molecule has 19 heavy (non-hydrogen) atoms. The van der Waals surface area contributed by atoms with Crippen molar-refractivity contribution < 1.29 is 4.79 Å². The summed E-state index contributed by atoms with van der Waals surface area (Å²) in [6.07, 6.45) is 6.61. The molecule has 4 heteroatoms. The van der Waals surface area contributed by atoms with Crippen molar-refractivity contribution in [3.8, 4) is 12.3 Å². The summed E-state index contributed by atoms with van der Waals surface area (Å²) in [4.78, 5) is 14.0. The van der Waals surface area contributed by atoms with E-state index in [1.54, 1.807) is 12.1 Å². The van der Waals surface area contributed by atoms with Gasteiger partial charge in [-0.3, -0.25) is 4.79 Å². The second kappa shape index (κ2) is 6.69. The van der Waals surface area contributed by atoms with Gasteiger partial charge in [0, 0.05) is 32.1 Å². The van der Waals surface area contributed by atoms with E-state index in [0.29, 0.717) is 17.7 Å². The van der Waals surface area contributed by atoms with Crippen LogP contribution in [0.25, 0.3) is 0 Å². The van der Waals surface area contributed by atoms with Crippen LogP contribution in [0.5, 0.6) is 0 Å². The van der Waals surface area contributed by atoms with Crippen molar-refractivity contribution in [3.63, 3.8) is 0 Å². The lowest BCUT2D eigenvalue weighted by atomic mass is 10.1. The van der Waals surface area contributed by atoms with Crippen LogP contribution in [0, 0.1) is 12.3 Å². The molecule has 0 aromatic heterocycles. The second-order valence-electron chi connectivity index (χ2n) is 4.65. The maximum Gasteiger partial charge on any atom is 0.251 e. The molecule has 1 atom stereocenters. The Morgan fingerprint density at radius 1 is 1.53 bits per heavy atom. The number of hydrogen-bond acceptors (Lipinski definition) is 3. The number of benzene rings is 1. The molecule has 0 heterocycles. The summed E-state index contributed by atoms with van der Waals surface area (Å²) in [5, 5.41) is 2.91. The number of amides is 1. The van der Waals surface area contributed by atoms with Gasteiger partial charge >= 0.3 is 0 Å². The Bertz CT molecular complexity index is 489. The Hall–Kier alpha value is -2.15. The van der Waals surface area contributed by atoms with Crippen molar-refractivity contribution in [1.29, 1.82) is 0 Å². The Labute approximate surface area is 115 Å². The summed E-state index contributed by atoms with van der Waals surface area (Å²) >= 11 is 0. The van der Waals surface area contributed by atoms with E-state index in [1.807, 2.05) is 32.0 Å². The van der Waals surface area contributed by atoms with Gasteiger partial charge in [0.2, 0.25) is 0 Å². The zero-order valence-corrected chi connectivity index (χ0v) is 11.7. The highest BCUT2D eigenvalue weighted by Gasteiger charge is 2.12. The largest absolute Gasteiger partial charge is 0.397 e. The molecule has 1 unspecified atom stereocenters. The average molecular weight is 259 g/mol. The summed E-state index contributed by atoms with van der Waals surface area (Å²) in [5.41, 5.74) is 7.96. The molecule has 102 valence electrons. The van der Waals surface area contributed by atoms with Crippen LogP contribution in [0.1, 0.15) is 30.1 Å². The third-order valence-electron chi connectivity index (χ3n) is 2.96. The van der Waals surface area contributed by atoms with Crippen LogP contribution in [-0.4, -0.2) is 26.0 Å². The fraction of sp³-hybridized carbons (Fsp3) is 0.400. The standard InChI is InChI=1S/C15H21N3O/c1-5-7-12(6-2)17-15(19)11-8-9-14(18(3)4)13(16)10-11/h1,8-10,12H,6-7,16H2,2-4H3,(H,17,19). The molecule has 0 aliphatic heterocycles. The van der Waals surface area contributed by atoms with Crippen molar-refractivity contribution >= 4 is 17.3 Å². The third kappa shape index (κ3) is 3.92. The van der Waals surface area contributed by atoms with Gasteiger partial charge in [0.25, 0.3) is 5.91 Å². The monoisotopic (exact) mass is 259 g/mol. The molecule has 0 radical (unpaired) electrons. The number of carbonyl (C=O) groups is 1. The lowest BCUT2D eigenvalue weighted by molar-refractivity contribution is 0.0937. The first-order valence-electron chi connectivity index (χ1n) is 6.30. The Morgan fingerprint density at radius 3 is 2.68 bits per heavy atom. The van der Waals surface area contributed by atoms with Crippen molar-refractivity contribution in [2.24, 2.45) is 0 Å². The molecular formula is C15H21N3O. The minimum Gasteiger partial charge on any atom is -0.397 e. The first-order chi connectivity index (χ1) is 8.99. The van der Waals surface area contributed by atoms with Gasteiger partial charge in [0.15, 0.2) is 0 Å². The number of hydrogen-bond donors (Lipinski definition) is 2. The van der Waals surface area contributed by atoms with Crippen LogP contribution in [-0.2, 0) is 0 Å². The molecule has 0 saturated heterocycles. The first kappa shape index (κ1) is 14.9. The number of rotatable bonds is 5. The Balaban J connectivity index is 2.84. The third-order valence-corrected chi connectivity index (χ3v) is 2.96. The van der Waals surface area contributed by atoms with Crippen LogP contribution in [0.2, 0.25) is 0 Å². The van der Waals surface area contributed by atoms with Gasteiger partial charge in [-0.05, 0) is 24.6 Å². The normalized spacial score (nSPS) is 11.5. The molecule has 1 amide bonds. The van der Waals surface area contributed by atoms with E-state index in [0.717, 1.165) is 12.1 Å². The van der Waals surface area contributed by atoms with Gasteiger partial charge in [-0.2, -0.15) is 0 Å². The van der Waals surface area contributed by atoms with Crippen molar-refractivity contribution in [1.82, 2.24) is 5.32 Å². The summed E-state index contributed by atoms with van der Waals surface area (Å²) in [6, 6.07) is 5.30. The molecule has 0 spiro atoms. The summed E-state index contributed by atoms with van der Waals surface area (Å²) < 4.78 is 0. The molecule has 4 nitrogen and oxygen atoms in total. The number of nitrogens with one attached hydrogen (secondary N) is 1.